The van der Waals surface area contributed by atoms with Crippen LogP contribution in [0, 0.1) is 17.8 Å². The molecule has 0 fully saturated rings. The predicted molar refractivity (Wildman–Crippen MR) is 84.1 cm³/mol. The Morgan fingerprint density at radius 2 is 0.737 bits per heavy atom. The molecule has 0 aliphatic heterocycles. The van der Waals surface area contributed by atoms with E-state index in [2.05, 4.69) is 46.4 Å². The van der Waals surface area contributed by atoms with Gasteiger partial charge in [-0.25, -0.2) is 4.90 Å². The predicted octanol–water partition coefficient (Wildman–Crippen LogP) is 2.28. The zero-order chi connectivity index (χ0) is 15.8. The van der Waals surface area contributed by atoms with Gasteiger partial charge in [0.25, 0.3) is 0 Å². The molecule has 6 N–H and O–H groups in total. The molecule has 116 valence electrons. The highest BCUT2D eigenvalue weighted by molar-refractivity contribution is 5.02. The molecule has 4 nitrogen and oxygen atoms in total. The van der Waals surface area contributed by atoms with Gasteiger partial charge >= 0.3 is 0 Å². The Balaban J connectivity index is 5.93. The lowest BCUT2D eigenvalue weighted by atomic mass is 9.82. The van der Waals surface area contributed by atoms with Crippen LogP contribution in [-0.4, -0.2) is 21.9 Å². The quantitative estimate of drug-likeness (QED) is 0.648. The smallest absolute Gasteiger partial charge is 0.0713 e. The van der Waals surface area contributed by atoms with E-state index in [1.165, 1.54) is 0 Å². The van der Waals surface area contributed by atoms with E-state index in [9.17, 15) is 0 Å². The fourth-order valence-electron chi connectivity index (χ4n) is 2.33. The van der Waals surface area contributed by atoms with Crippen LogP contribution in [0.15, 0.2) is 0 Å². The SMILES string of the molecule is CC(C)C(C)(N)N(C(C)(N)C(C)C)C(C)(N)C(C)C. The fraction of sp³-hybridized carbons (Fsp3) is 1.00. The third kappa shape index (κ3) is 3.48. The van der Waals surface area contributed by atoms with E-state index < -0.39 is 17.0 Å². The van der Waals surface area contributed by atoms with Crippen molar-refractivity contribution in [2.75, 3.05) is 0 Å². The summed E-state index contributed by atoms with van der Waals surface area (Å²) in [5, 5.41) is 0. The van der Waals surface area contributed by atoms with Crippen molar-refractivity contribution in [3.8, 4) is 0 Å². The third-order valence-electron chi connectivity index (χ3n) is 4.95. The van der Waals surface area contributed by atoms with Crippen LogP contribution in [0.3, 0.4) is 0 Å². The number of nitrogens with zero attached hydrogens (tertiary/aromatic N) is 1. The van der Waals surface area contributed by atoms with Crippen LogP contribution in [0.4, 0.5) is 0 Å². The number of hydrogen-bond donors (Lipinski definition) is 3. The van der Waals surface area contributed by atoms with Crippen LogP contribution in [0.1, 0.15) is 62.3 Å². The van der Waals surface area contributed by atoms with E-state index in [0.29, 0.717) is 0 Å². The molecule has 19 heavy (non-hydrogen) atoms. The molecule has 0 saturated carbocycles. The lowest BCUT2D eigenvalue weighted by Gasteiger charge is -2.59. The monoisotopic (exact) mass is 272 g/mol. The van der Waals surface area contributed by atoms with Gasteiger partial charge < -0.3 is 17.2 Å². The van der Waals surface area contributed by atoms with Crippen molar-refractivity contribution in [3.05, 3.63) is 0 Å². The summed E-state index contributed by atoms with van der Waals surface area (Å²) in [6, 6.07) is 0. The van der Waals surface area contributed by atoms with Gasteiger partial charge in [0.05, 0.1) is 17.0 Å². The molecule has 0 amide bonds. The van der Waals surface area contributed by atoms with Gasteiger partial charge in [-0.2, -0.15) is 0 Å². The highest BCUT2D eigenvalue weighted by Crippen LogP contribution is 2.37. The van der Waals surface area contributed by atoms with Crippen LogP contribution in [0.2, 0.25) is 0 Å². The molecule has 0 aliphatic carbocycles. The first kappa shape index (κ1) is 18.8. The Morgan fingerprint density at radius 3 is 0.842 bits per heavy atom. The van der Waals surface area contributed by atoms with E-state index in [1.807, 2.05) is 20.8 Å². The summed E-state index contributed by atoms with van der Waals surface area (Å²) in [6.45, 7) is 18.7. The van der Waals surface area contributed by atoms with Crippen molar-refractivity contribution >= 4 is 0 Å². The van der Waals surface area contributed by atoms with Crippen LogP contribution < -0.4 is 17.2 Å². The standard InChI is InChI=1S/C15H36N4/c1-10(2)13(7,16)19(14(8,17)11(3)4)15(9,18)12(5)6/h10-12H,16-18H2,1-9H3. The molecule has 0 heterocycles. The minimum absolute atomic E-state index is 0.246. The summed E-state index contributed by atoms with van der Waals surface area (Å²) in [5.74, 6) is 0.738. The second-order valence-electron chi connectivity index (χ2n) is 7.48. The van der Waals surface area contributed by atoms with E-state index in [1.54, 1.807) is 0 Å². The second kappa shape index (κ2) is 5.68. The summed E-state index contributed by atoms with van der Waals surface area (Å²) < 4.78 is 0. The molecule has 0 aromatic rings. The molecule has 3 unspecified atom stereocenters. The molecule has 0 aromatic carbocycles. The summed E-state index contributed by atoms with van der Waals surface area (Å²) in [4.78, 5) is 2.12. The molecule has 0 saturated heterocycles. The van der Waals surface area contributed by atoms with Crippen molar-refractivity contribution in [1.82, 2.24) is 4.90 Å². The van der Waals surface area contributed by atoms with Gasteiger partial charge in [0, 0.05) is 0 Å². The summed E-state index contributed by atoms with van der Waals surface area (Å²) >= 11 is 0. The summed E-state index contributed by atoms with van der Waals surface area (Å²) in [7, 11) is 0. The van der Waals surface area contributed by atoms with Gasteiger partial charge in [0.15, 0.2) is 0 Å². The third-order valence-corrected chi connectivity index (χ3v) is 4.95. The Morgan fingerprint density at radius 1 is 0.579 bits per heavy atom. The summed E-state index contributed by atoms with van der Waals surface area (Å²) in [5.41, 5.74) is 18.1. The molecule has 4 heteroatoms. The van der Waals surface area contributed by atoms with Crippen molar-refractivity contribution in [3.63, 3.8) is 0 Å². The topological polar surface area (TPSA) is 81.3 Å². The van der Waals surface area contributed by atoms with Crippen molar-refractivity contribution < 1.29 is 0 Å². The Kier molecular flexibility index (Phi) is 5.63. The van der Waals surface area contributed by atoms with Crippen molar-refractivity contribution in [2.24, 2.45) is 35.0 Å². The molecule has 0 aromatic heterocycles. The van der Waals surface area contributed by atoms with Crippen molar-refractivity contribution in [1.29, 1.82) is 0 Å². The maximum atomic E-state index is 6.62. The number of rotatable bonds is 6. The van der Waals surface area contributed by atoms with E-state index in [4.69, 9.17) is 17.2 Å². The largest absolute Gasteiger partial charge is 0.313 e. The molecule has 0 bridgehead atoms. The molecule has 3 atom stereocenters. The molecular formula is C15H36N4. The molecule has 0 radical (unpaired) electrons. The first-order valence-corrected chi connectivity index (χ1v) is 7.37. The lowest BCUT2D eigenvalue weighted by molar-refractivity contribution is -0.134. The number of hydrogen-bond acceptors (Lipinski definition) is 4. The van der Waals surface area contributed by atoms with Crippen molar-refractivity contribution in [2.45, 2.75) is 79.3 Å². The van der Waals surface area contributed by atoms with Crippen LogP contribution >= 0.6 is 0 Å². The number of nitrogens with two attached hydrogens (primary N) is 3. The first-order valence-electron chi connectivity index (χ1n) is 7.37. The molecule has 0 spiro atoms. The maximum absolute atomic E-state index is 6.62. The highest BCUT2D eigenvalue weighted by atomic mass is 15.4. The van der Waals surface area contributed by atoms with Gasteiger partial charge in [-0.15, -0.1) is 0 Å². The van der Waals surface area contributed by atoms with E-state index in [-0.39, 0.29) is 17.8 Å². The average Bonchev–Trinajstić information content (AvgIpc) is 2.14. The lowest BCUT2D eigenvalue weighted by Crippen LogP contribution is -2.79. The normalized spacial score (nSPS) is 22.7. The molecular weight excluding hydrogens is 236 g/mol. The van der Waals surface area contributed by atoms with Crippen LogP contribution in [-0.2, 0) is 0 Å². The Hall–Kier alpha value is -0.160. The minimum atomic E-state index is -0.568. The zero-order valence-electron chi connectivity index (χ0n) is 14.4. The molecule has 0 rings (SSSR count). The van der Waals surface area contributed by atoms with Gasteiger partial charge in [-0.3, -0.25) is 0 Å². The summed E-state index contributed by atoms with van der Waals surface area (Å²) in [6.07, 6.45) is 0. The maximum Gasteiger partial charge on any atom is 0.0713 e. The van der Waals surface area contributed by atoms with Gasteiger partial charge in [0.2, 0.25) is 0 Å². The van der Waals surface area contributed by atoms with Gasteiger partial charge in [0.1, 0.15) is 0 Å². The Labute approximate surface area is 120 Å². The molecule has 0 aliphatic rings. The van der Waals surface area contributed by atoms with Gasteiger partial charge in [-0.1, -0.05) is 41.5 Å². The van der Waals surface area contributed by atoms with Crippen LogP contribution in [0.25, 0.3) is 0 Å². The second-order valence-corrected chi connectivity index (χ2v) is 7.48. The minimum Gasteiger partial charge on any atom is -0.313 e. The highest BCUT2D eigenvalue weighted by Gasteiger charge is 2.51. The average molecular weight is 272 g/mol. The first-order chi connectivity index (χ1) is 8.20. The Bertz CT molecular complexity index is 243. The zero-order valence-corrected chi connectivity index (χ0v) is 14.4. The van der Waals surface area contributed by atoms with E-state index >= 15 is 0 Å². The van der Waals surface area contributed by atoms with E-state index in [0.717, 1.165) is 0 Å². The van der Waals surface area contributed by atoms with Gasteiger partial charge in [-0.05, 0) is 38.5 Å². The van der Waals surface area contributed by atoms with Crippen LogP contribution in [0.5, 0.6) is 0 Å². The fourth-order valence-corrected chi connectivity index (χ4v) is 2.33.